The third-order valence-corrected chi connectivity index (χ3v) is 3.05. The first kappa shape index (κ1) is 10.9. The van der Waals surface area contributed by atoms with E-state index in [0.29, 0.717) is 10.7 Å². The van der Waals surface area contributed by atoms with E-state index < -0.39 is 0 Å². The lowest BCUT2D eigenvalue weighted by molar-refractivity contribution is -0.111. The Morgan fingerprint density at radius 2 is 2.06 bits per heavy atom. The zero-order valence-electron chi connectivity index (χ0n) is 8.64. The van der Waals surface area contributed by atoms with Gasteiger partial charge in [-0.15, -0.1) is 0 Å². The molecule has 0 aromatic heterocycles. The number of amidine groups is 1. The zero-order chi connectivity index (χ0) is 11.5. The van der Waals surface area contributed by atoms with E-state index in [-0.39, 0.29) is 17.1 Å². The first-order valence-corrected chi connectivity index (χ1v) is 5.64. The number of aliphatic imine (C=N–C) groups is 1. The van der Waals surface area contributed by atoms with E-state index in [9.17, 15) is 9.59 Å². The molecular formula is C11H10N2O2S. The lowest BCUT2D eigenvalue weighted by atomic mass is 10.2. The van der Waals surface area contributed by atoms with Crippen molar-refractivity contribution in [2.75, 3.05) is 0 Å². The maximum atomic E-state index is 11.7. The number of benzene rings is 1. The summed E-state index contributed by atoms with van der Waals surface area (Å²) in [5.74, 6) is -0.242. The summed E-state index contributed by atoms with van der Waals surface area (Å²) in [4.78, 5) is 26.9. The molecule has 1 aromatic rings. The number of rotatable bonds is 1. The fourth-order valence-electron chi connectivity index (χ4n) is 1.25. The number of hydrogen-bond acceptors (Lipinski definition) is 4. The fraction of sp³-hybridized carbons (Fsp3) is 0.182. The molecule has 0 aliphatic carbocycles. The number of nitrogens with zero attached hydrogens (tertiary/aromatic N) is 1. The number of nitrogens with one attached hydrogen (secondary N) is 1. The summed E-state index contributed by atoms with van der Waals surface area (Å²) in [6, 6.07) is 8.46. The van der Waals surface area contributed by atoms with Crippen molar-refractivity contribution < 1.29 is 9.59 Å². The van der Waals surface area contributed by atoms with Gasteiger partial charge >= 0.3 is 0 Å². The summed E-state index contributed by atoms with van der Waals surface area (Å²) in [7, 11) is 0. The SMILES string of the molecule is CC1N=C(NC(=O)c2ccccc2)SC1=O. The van der Waals surface area contributed by atoms with Crippen LogP contribution < -0.4 is 5.32 Å². The minimum atomic E-state index is -0.365. The molecule has 16 heavy (non-hydrogen) atoms. The summed E-state index contributed by atoms with van der Waals surface area (Å²) < 4.78 is 0. The molecule has 1 aromatic carbocycles. The summed E-state index contributed by atoms with van der Waals surface area (Å²) >= 11 is 0.976. The highest BCUT2D eigenvalue weighted by Crippen LogP contribution is 2.18. The van der Waals surface area contributed by atoms with Gasteiger partial charge in [-0.3, -0.25) is 9.59 Å². The predicted octanol–water partition coefficient (Wildman–Crippen LogP) is 1.43. The maximum Gasteiger partial charge on any atom is 0.257 e. The number of hydrogen-bond donors (Lipinski definition) is 1. The van der Waals surface area contributed by atoms with Crippen molar-refractivity contribution in [2.45, 2.75) is 13.0 Å². The highest BCUT2D eigenvalue weighted by molar-refractivity contribution is 8.26. The lowest BCUT2D eigenvalue weighted by Gasteiger charge is -2.02. The van der Waals surface area contributed by atoms with E-state index >= 15 is 0 Å². The molecule has 82 valence electrons. The van der Waals surface area contributed by atoms with Gasteiger partial charge in [0.1, 0.15) is 6.04 Å². The van der Waals surface area contributed by atoms with Crippen LogP contribution in [0.25, 0.3) is 0 Å². The van der Waals surface area contributed by atoms with Gasteiger partial charge in [-0.25, -0.2) is 4.99 Å². The predicted molar refractivity (Wildman–Crippen MR) is 63.4 cm³/mol. The van der Waals surface area contributed by atoms with Crippen LogP contribution in [-0.2, 0) is 4.79 Å². The summed E-state index contributed by atoms with van der Waals surface area (Å²) in [6.07, 6.45) is 0. The van der Waals surface area contributed by atoms with Gasteiger partial charge in [-0.2, -0.15) is 0 Å². The van der Waals surface area contributed by atoms with Crippen molar-refractivity contribution in [2.24, 2.45) is 4.99 Å². The van der Waals surface area contributed by atoms with E-state index in [0.717, 1.165) is 11.8 Å². The first-order chi connectivity index (χ1) is 7.66. The average molecular weight is 234 g/mol. The van der Waals surface area contributed by atoms with E-state index in [1.807, 2.05) is 6.07 Å². The van der Waals surface area contributed by atoms with Crippen LogP contribution in [0.15, 0.2) is 35.3 Å². The second kappa shape index (κ2) is 4.49. The Labute approximate surface area is 97.1 Å². The van der Waals surface area contributed by atoms with Crippen molar-refractivity contribution in [3.05, 3.63) is 35.9 Å². The van der Waals surface area contributed by atoms with Crippen molar-refractivity contribution >= 4 is 28.0 Å². The molecule has 1 heterocycles. The van der Waals surface area contributed by atoms with E-state index in [4.69, 9.17) is 0 Å². The molecular weight excluding hydrogens is 224 g/mol. The molecule has 1 N–H and O–H groups in total. The van der Waals surface area contributed by atoms with Gasteiger partial charge in [0.2, 0.25) is 5.12 Å². The normalized spacial score (nSPS) is 19.4. The van der Waals surface area contributed by atoms with Gasteiger partial charge in [0.05, 0.1) is 0 Å². The number of thioether (sulfide) groups is 1. The molecule has 0 saturated carbocycles. The number of carbonyl (C=O) groups is 2. The quantitative estimate of drug-likeness (QED) is 0.799. The number of amides is 1. The minimum Gasteiger partial charge on any atom is -0.301 e. The fourth-order valence-corrected chi connectivity index (χ4v) is 2.02. The summed E-state index contributed by atoms with van der Waals surface area (Å²) in [5.41, 5.74) is 0.554. The second-order valence-electron chi connectivity index (χ2n) is 3.35. The van der Waals surface area contributed by atoms with Gasteiger partial charge < -0.3 is 5.32 Å². The van der Waals surface area contributed by atoms with Crippen LogP contribution >= 0.6 is 11.8 Å². The first-order valence-electron chi connectivity index (χ1n) is 4.83. The highest BCUT2D eigenvalue weighted by Gasteiger charge is 2.25. The second-order valence-corrected chi connectivity index (χ2v) is 4.34. The minimum absolute atomic E-state index is 0.0386. The largest absolute Gasteiger partial charge is 0.301 e. The Balaban J connectivity index is 2.04. The van der Waals surface area contributed by atoms with Crippen LogP contribution in [0, 0.1) is 0 Å². The third-order valence-electron chi connectivity index (χ3n) is 2.11. The maximum absolute atomic E-state index is 11.7. The van der Waals surface area contributed by atoms with Gasteiger partial charge in [-0.05, 0) is 30.8 Å². The molecule has 5 heteroatoms. The average Bonchev–Trinajstić information content (AvgIpc) is 2.59. The Bertz CT molecular complexity index is 456. The molecule has 2 rings (SSSR count). The standard InChI is InChI=1S/C11H10N2O2S/c1-7-10(15)16-11(12-7)13-9(14)8-5-3-2-4-6-8/h2-7H,1H3,(H,12,13,14). The molecule has 0 spiro atoms. The van der Waals surface area contributed by atoms with Crippen molar-refractivity contribution in [1.29, 1.82) is 0 Å². The Morgan fingerprint density at radius 3 is 2.62 bits per heavy atom. The molecule has 1 unspecified atom stereocenters. The number of carbonyl (C=O) groups excluding carboxylic acids is 2. The molecule has 1 aliphatic heterocycles. The van der Waals surface area contributed by atoms with E-state index in [2.05, 4.69) is 10.3 Å². The lowest BCUT2D eigenvalue weighted by Crippen LogP contribution is -2.27. The molecule has 0 bridgehead atoms. The Morgan fingerprint density at radius 1 is 1.38 bits per heavy atom. The van der Waals surface area contributed by atoms with Gasteiger partial charge in [0.15, 0.2) is 5.17 Å². The smallest absolute Gasteiger partial charge is 0.257 e. The van der Waals surface area contributed by atoms with Gasteiger partial charge in [0.25, 0.3) is 5.91 Å². The van der Waals surface area contributed by atoms with Crippen LogP contribution in [0.4, 0.5) is 0 Å². The van der Waals surface area contributed by atoms with Crippen LogP contribution in [0.2, 0.25) is 0 Å². The monoisotopic (exact) mass is 234 g/mol. The molecule has 0 radical (unpaired) electrons. The third kappa shape index (κ3) is 2.30. The molecule has 1 atom stereocenters. The topological polar surface area (TPSA) is 58.5 Å². The summed E-state index contributed by atoms with van der Waals surface area (Å²) in [6.45, 7) is 1.71. The highest BCUT2D eigenvalue weighted by atomic mass is 32.2. The molecule has 0 fully saturated rings. The zero-order valence-corrected chi connectivity index (χ0v) is 9.45. The molecule has 0 saturated heterocycles. The van der Waals surface area contributed by atoms with Crippen molar-refractivity contribution in [3.8, 4) is 0 Å². The Kier molecular flexibility index (Phi) is 3.05. The Hall–Kier alpha value is -1.62. The molecule has 1 amide bonds. The van der Waals surface area contributed by atoms with Crippen LogP contribution in [0.5, 0.6) is 0 Å². The van der Waals surface area contributed by atoms with Crippen molar-refractivity contribution in [1.82, 2.24) is 5.32 Å². The van der Waals surface area contributed by atoms with Crippen LogP contribution in [-0.4, -0.2) is 22.2 Å². The molecule has 4 nitrogen and oxygen atoms in total. The molecule has 1 aliphatic rings. The van der Waals surface area contributed by atoms with E-state index in [1.165, 1.54) is 0 Å². The van der Waals surface area contributed by atoms with Crippen LogP contribution in [0.3, 0.4) is 0 Å². The van der Waals surface area contributed by atoms with Crippen LogP contribution in [0.1, 0.15) is 17.3 Å². The van der Waals surface area contributed by atoms with Gasteiger partial charge in [0, 0.05) is 5.56 Å². The van der Waals surface area contributed by atoms with Crippen molar-refractivity contribution in [3.63, 3.8) is 0 Å². The van der Waals surface area contributed by atoms with E-state index in [1.54, 1.807) is 31.2 Å². The van der Waals surface area contributed by atoms with Gasteiger partial charge in [-0.1, -0.05) is 18.2 Å². The summed E-state index contributed by atoms with van der Waals surface area (Å²) in [5, 5.41) is 2.95.